The third-order valence-corrected chi connectivity index (χ3v) is 15.3. The zero-order chi connectivity index (χ0) is 32.8. The number of carbonyl (C=O) groups is 1. The number of aromatic nitrogens is 1. The van der Waals surface area contributed by atoms with E-state index in [2.05, 4.69) is 84.7 Å². The van der Waals surface area contributed by atoms with E-state index in [1.54, 1.807) is 11.1 Å². The Hall–Kier alpha value is -1.46. The van der Waals surface area contributed by atoms with Crippen LogP contribution in [-0.4, -0.2) is 32.6 Å². The van der Waals surface area contributed by atoms with Crippen molar-refractivity contribution in [2.24, 2.45) is 28.6 Å². The molecule has 1 aromatic heterocycles. The molecule has 5 atom stereocenters. The number of rotatable bonds is 14. The molecule has 1 aromatic rings. The average Bonchev–Trinajstić information content (AvgIpc) is 2.97. The first-order valence-electron chi connectivity index (χ1n) is 18.6. The van der Waals surface area contributed by atoms with E-state index >= 15 is 0 Å². The number of hydrogen-bond acceptors (Lipinski definition) is 3. The Morgan fingerprint density at radius 2 is 1.76 bits per heavy atom. The second kappa shape index (κ2) is 15.6. The Morgan fingerprint density at radius 3 is 2.44 bits per heavy atom. The number of fused-ring (bicyclic) bond motifs is 3. The van der Waals surface area contributed by atoms with Gasteiger partial charge in [-0.1, -0.05) is 91.9 Å². The van der Waals surface area contributed by atoms with E-state index in [-0.39, 0.29) is 16.4 Å². The second-order valence-electron chi connectivity index (χ2n) is 17.1. The number of amides is 1. The molecule has 5 heteroatoms. The lowest BCUT2D eigenvalue weighted by Crippen LogP contribution is -2.58. The highest BCUT2D eigenvalue weighted by Crippen LogP contribution is 2.65. The number of nitrogens with one attached hydrogen (secondary N) is 1. The molecule has 4 rings (SSSR count). The Labute approximate surface area is 279 Å². The van der Waals surface area contributed by atoms with Crippen LogP contribution in [0.3, 0.4) is 0 Å². The zero-order valence-electron chi connectivity index (χ0n) is 30.6. The van der Waals surface area contributed by atoms with Crippen molar-refractivity contribution in [3.8, 4) is 0 Å². The van der Waals surface area contributed by atoms with Gasteiger partial charge in [0.15, 0.2) is 0 Å². The molecule has 4 nitrogen and oxygen atoms in total. The van der Waals surface area contributed by atoms with Gasteiger partial charge in [0.25, 0.3) is 0 Å². The molecular formula is C40H67N2O2Si. The SMILES string of the molecule is CC1=C(CCC(=O)NCCCCCCCc2ccccn2)C2CCC3C(C)(C)[C@@H](O[Si](C(C)C)C(C)(C)C)CC[C@]3(C)C2CC1. The fourth-order valence-corrected chi connectivity index (χ4v) is 13.1. The van der Waals surface area contributed by atoms with Gasteiger partial charge in [0.05, 0.1) is 6.10 Å². The number of carbonyl (C=O) groups excluding carboxylic acids is 1. The minimum absolute atomic E-state index is 0.198. The molecule has 0 aromatic carbocycles. The standard InChI is InChI=1S/C40H67N2O2Si/c1-29(2)45(38(4,5)6)44-36-25-26-40(9)34-22-19-30(3)32(33(34)20-23-35(40)39(36,7)8)21-24-37(43)42-28-15-12-10-11-13-17-31-18-14-16-27-41-31/h14,16,18,27,29,33-36H,10-13,15,17,19-26,28H2,1-9H3,(H,42,43)/t33?,34?,35?,36-,40+/m0/s1. The summed E-state index contributed by atoms with van der Waals surface area (Å²) in [5.74, 6) is 2.36. The smallest absolute Gasteiger partial charge is 0.220 e. The van der Waals surface area contributed by atoms with E-state index in [1.165, 1.54) is 69.9 Å². The van der Waals surface area contributed by atoms with Gasteiger partial charge in [0, 0.05) is 24.9 Å². The van der Waals surface area contributed by atoms with Gasteiger partial charge < -0.3 is 9.74 Å². The number of pyridine rings is 1. The maximum atomic E-state index is 12.9. The summed E-state index contributed by atoms with van der Waals surface area (Å²) >= 11 is 0. The van der Waals surface area contributed by atoms with Crippen molar-refractivity contribution in [1.29, 1.82) is 0 Å². The van der Waals surface area contributed by atoms with Crippen LogP contribution in [0.4, 0.5) is 0 Å². The number of aryl methyl sites for hydroxylation is 1. The molecule has 1 N–H and O–H groups in total. The van der Waals surface area contributed by atoms with Crippen molar-refractivity contribution in [3.63, 3.8) is 0 Å². The van der Waals surface area contributed by atoms with Crippen LogP contribution in [0.5, 0.6) is 0 Å². The van der Waals surface area contributed by atoms with Gasteiger partial charge in [0.1, 0.15) is 0 Å². The van der Waals surface area contributed by atoms with Crippen molar-refractivity contribution < 1.29 is 9.22 Å². The van der Waals surface area contributed by atoms with E-state index in [1.807, 2.05) is 12.3 Å². The van der Waals surface area contributed by atoms with Crippen LogP contribution in [0.1, 0.15) is 151 Å². The molecule has 3 unspecified atom stereocenters. The summed E-state index contributed by atoms with van der Waals surface area (Å²) in [5.41, 5.74) is 5.60. The Kier molecular flexibility index (Phi) is 12.6. The average molecular weight is 636 g/mol. The molecule has 3 aliphatic carbocycles. The predicted octanol–water partition coefficient (Wildman–Crippen LogP) is 10.6. The van der Waals surface area contributed by atoms with Gasteiger partial charge >= 0.3 is 0 Å². The van der Waals surface area contributed by atoms with Crippen LogP contribution in [-0.2, 0) is 15.6 Å². The van der Waals surface area contributed by atoms with Crippen molar-refractivity contribution in [2.75, 3.05) is 6.54 Å². The molecule has 45 heavy (non-hydrogen) atoms. The molecule has 3 aliphatic rings. The van der Waals surface area contributed by atoms with Crippen LogP contribution < -0.4 is 5.32 Å². The van der Waals surface area contributed by atoms with Crippen molar-refractivity contribution >= 4 is 14.9 Å². The minimum atomic E-state index is -0.928. The highest BCUT2D eigenvalue weighted by molar-refractivity contribution is 6.56. The normalized spacial score (nSPS) is 28.2. The summed E-state index contributed by atoms with van der Waals surface area (Å²) in [5, 5.41) is 3.50. The van der Waals surface area contributed by atoms with Crippen molar-refractivity contribution in [1.82, 2.24) is 10.3 Å². The largest absolute Gasteiger partial charge is 0.412 e. The molecule has 0 saturated heterocycles. The number of hydrogen-bond donors (Lipinski definition) is 1. The molecule has 0 spiro atoms. The monoisotopic (exact) mass is 635 g/mol. The quantitative estimate of drug-likeness (QED) is 0.126. The molecule has 2 fully saturated rings. The van der Waals surface area contributed by atoms with Crippen LogP contribution >= 0.6 is 0 Å². The van der Waals surface area contributed by atoms with Crippen molar-refractivity contribution in [2.45, 2.75) is 169 Å². The highest BCUT2D eigenvalue weighted by atomic mass is 28.3. The van der Waals surface area contributed by atoms with E-state index in [4.69, 9.17) is 4.43 Å². The van der Waals surface area contributed by atoms with E-state index in [0.717, 1.165) is 31.7 Å². The second-order valence-corrected chi connectivity index (χ2v) is 20.7. The molecule has 1 heterocycles. The zero-order valence-corrected chi connectivity index (χ0v) is 31.6. The maximum absolute atomic E-state index is 12.9. The Bertz CT molecular complexity index is 1120. The summed E-state index contributed by atoms with van der Waals surface area (Å²) < 4.78 is 7.19. The molecule has 1 radical (unpaired) electrons. The lowest BCUT2D eigenvalue weighted by molar-refractivity contribution is -0.144. The van der Waals surface area contributed by atoms with Gasteiger partial charge in [0.2, 0.25) is 14.9 Å². The fourth-order valence-electron chi connectivity index (χ4n) is 10.0. The summed E-state index contributed by atoms with van der Waals surface area (Å²) in [6.45, 7) is 22.8. The number of allylic oxidation sites excluding steroid dienone is 2. The van der Waals surface area contributed by atoms with Crippen molar-refractivity contribution in [3.05, 3.63) is 41.2 Å². The maximum Gasteiger partial charge on any atom is 0.220 e. The molecule has 0 bridgehead atoms. The summed E-state index contributed by atoms with van der Waals surface area (Å²) in [6, 6.07) is 6.16. The first kappa shape index (κ1) is 36.4. The predicted molar refractivity (Wildman–Crippen MR) is 191 cm³/mol. The first-order valence-corrected chi connectivity index (χ1v) is 20.1. The van der Waals surface area contributed by atoms with Gasteiger partial charge in [-0.2, -0.15) is 0 Å². The first-order chi connectivity index (χ1) is 21.2. The summed E-state index contributed by atoms with van der Waals surface area (Å²) in [7, 11) is -0.928. The molecule has 0 aliphatic heterocycles. The van der Waals surface area contributed by atoms with E-state index < -0.39 is 9.04 Å². The lowest BCUT2D eigenvalue weighted by atomic mass is 9.43. The van der Waals surface area contributed by atoms with Gasteiger partial charge in [-0.25, -0.2) is 0 Å². The van der Waals surface area contributed by atoms with Gasteiger partial charge in [-0.15, -0.1) is 0 Å². The van der Waals surface area contributed by atoms with Gasteiger partial charge in [-0.3, -0.25) is 9.78 Å². The fraction of sp³-hybridized carbons (Fsp3) is 0.800. The highest BCUT2D eigenvalue weighted by Gasteiger charge is 2.59. The van der Waals surface area contributed by atoms with Crippen LogP contribution in [0.2, 0.25) is 10.6 Å². The van der Waals surface area contributed by atoms with E-state index in [9.17, 15) is 4.79 Å². The third-order valence-electron chi connectivity index (χ3n) is 12.2. The molecule has 1 amide bonds. The topological polar surface area (TPSA) is 51.2 Å². The van der Waals surface area contributed by atoms with Crippen LogP contribution in [0.15, 0.2) is 35.5 Å². The summed E-state index contributed by atoms with van der Waals surface area (Å²) in [4.78, 5) is 17.3. The Morgan fingerprint density at radius 1 is 1.02 bits per heavy atom. The molecule has 253 valence electrons. The van der Waals surface area contributed by atoms with Crippen LogP contribution in [0, 0.1) is 28.6 Å². The molecular weight excluding hydrogens is 569 g/mol. The van der Waals surface area contributed by atoms with E-state index in [0.29, 0.717) is 35.3 Å². The van der Waals surface area contributed by atoms with Gasteiger partial charge in [-0.05, 0) is 122 Å². The minimum Gasteiger partial charge on any atom is -0.412 e. The molecule has 2 saturated carbocycles. The van der Waals surface area contributed by atoms with Crippen LogP contribution in [0.25, 0.3) is 0 Å². The lowest BCUT2D eigenvalue weighted by Gasteiger charge is -2.63. The Balaban J connectivity index is 1.25. The number of nitrogens with zero attached hydrogens (tertiary/aromatic N) is 1. The number of unbranched alkanes of at least 4 members (excludes halogenated alkanes) is 4. The third kappa shape index (κ3) is 8.92. The summed E-state index contributed by atoms with van der Waals surface area (Å²) in [6.07, 6.45) is 18.5.